The highest BCUT2D eigenvalue weighted by Gasteiger charge is 2.18. The zero-order chi connectivity index (χ0) is 10.4. The lowest BCUT2D eigenvalue weighted by Gasteiger charge is -2.05. The van der Waals surface area contributed by atoms with E-state index in [1.807, 2.05) is 13.0 Å². The smallest absolute Gasteiger partial charge is 0.181 e. The predicted octanol–water partition coefficient (Wildman–Crippen LogP) is 2.20. The van der Waals surface area contributed by atoms with Crippen LogP contribution in [0.5, 0.6) is 0 Å². The number of pyridine rings is 1. The molecule has 1 rings (SSSR count). The highest BCUT2D eigenvalue weighted by atomic mass is 16.1. The number of Topliss-reactive ketones (excluding diaryl/α,β-unsaturated/α-hetero) is 1. The molecule has 0 aromatic carbocycles. The van der Waals surface area contributed by atoms with Gasteiger partial charge in [0.15, 0.2) is 5.78 Å². The third-order valence-corrected chi connectivity index (χ3v) is 2.00. The predicted molar refractivity (Wildman–Crippen MR) is 52.6 cm³/mol. The molecule has 0 saturated heterocycles. The molecule has 0 bridgehead atoms. The van der Waals surface area contributed by atoms with Gasteiger partial charge in [-0.2, -0.15) is 5.26 Å². The molecule has 14 heavy (non-hydrogen) atoms. The van der Waals surface area contributed by atoms with Crippen molar-refractivity contribution >= 4 is 5.78 Å². The normalized spacial score (nSPS) is 11.7. The summed E-state index contributed by atoms with van der Waals surface area (Å²) in [6, 6.07) is 5.42. The van der Waals surface area contributed by atoms with Gasteiger partial charge >= 0.3 is 0 Å². The minimum Gasteiger partial charge on any atom is -0.293 e. The molecule has 1 heterocycles. The molecule has 0 aliphatic heterocycles. The summed E-state index contributed by atoms with van der Waals surface area (Å²) >= 11 is 0. The van der Waals surface area contributed by atoms with E-state index in [1.165, 1.54) is 6.20 Å². The van der Waals surface area contributed by atoms with Gasteiger partial charge < -0.3 is 0 Å². The number of carbonyl (C=O) groups excluding carboxylic acids is 1. The van der Waals surface area contributed by atoms with Crippen molar-refractivity contribution in [1.29, 1.82) is 5.26 Å². The summed E-state index contributed by atoms with van der Waals surface area (Å²) in [5.74, 6) is -0.647. The van der Waals surface area contributed by atoms with Crippen molar-refractivity contribution in [2.24, 2.45) is 5.92 Å². The van der Waals surface area contributed by atoms with Crippen molar-refractivity contribution in [1.82, 2.24) is 4.98 Å². The molecule has 0 aliphatic rings. The molecule has 1 atom stereocenters. The number of aromatic nitrogens is 1. The fourth-order valence-corrected chi connectivity index (χ4v) is 1.25. The number of nitrogens with zero attached hydrogens (tertiary/aromatic N) is 2. The summed E-state index contributed by atoms with van der Waals surface area (Å²) in [7, 11) is 0. The fraction of sp³-hybridized carbons (Fsp3) is 0.364. The molecule has 0 fully saturated rings. The van der Waals surface area contributed by atoms with Crippen molar-refractivity contribution in [2.45, 2.75) is 19.8 Å². The first-order valence-corrected chi connectivity index (χ1v) is 4.63. The molecule has 3 nitrogen and oxygen atoms in total. The Morgan fingerprint density at radius 2 is 2.50 bits per heavy atom. The molecule has 3 heteroatoms. The van der Waals surface area contributed by atoms with Crippen LogP contribution in [-0.2, 0) is 0 Å². The third kappa shape index (κ3) is 2.40. The molecule has 0 N–H and O–H groups in total. The van der Waals surface area contributed by atoms with Gasteiger partial charge in [0.2, 0.25) is 0 Å². The molecular weight excluding hydrogens is 176 g/mol. The van der Waals surface area contributed by atoms with Crippen molar-refractivity contribution in [2.75, 3.05) is 0 Å². The highest BCUT2D eigenvalue weighted by molar-refractivity contribution is 5.98. The van der Waals surface area contributed by atoms with Crippen molar-refractivity contribution in [3.63, 3.8) is 0 Å². The summed E-state index contributed by atoms with van der Waals surface area (Å²) in [6.07, 6.45) is 4.56. The quantitative estimate of drug-likeness (QED) is 0.680. The largest absolute Gasteiger partial charge is 0.293 e. The highest BCUT2D eigenvalue weighted by Crippen LogP contribution is 2.12. The van der Waals surface area contributed by atoms with Crippen LogP contribution < -0.4 is 0 Å². The number of hydrogen-bond donors (Lipinski definition) is 0. The second-order valence-electron chi connectivity index (χ2n) is 3.08. The van der Waals surface area contributed by atoms with Crippen LogP contribution in [0.15, 0.2) is 24.5 Å². The van der Waals surface area contributed by atoms with E-state index in [2.05, 4.69) is 4.98 Å². The zero-order valence-electron chi connectivity index (χ0n) is 8.10. The Morgan fingerprint density at radius 1 is 1.71 bits per heavy atom. The van der Waals surface area contributed by atoms with E-state index in [0.717, 1.165) is 6.42 Å². The summed E-state index contributed by atoms with van der Waals surface area (Å²) < 4.78 is 0. The van der Waals surface area contributed by atoms with Crippen LogP contribution in [0.4, 0.5) is 0 Å². The summed E-state index contributed by atoms with van der Waals surface area (Å²) in [5, 5.41) is 8.80. The Morgan fingerprint density at radius 3 is 3.00 bits per heavy atom. The molecule has 72 valence electrons. The van der Waals surface area contributed by atoms with E-state index >= 15 is 0 Å². The molecule has 0 spiro atoms. The van der Waals surface area contributed by atoms with Crippen LogP contribution >= 0.6 is 0 Å². The zero-order valence-corrected chi connectivity index (χ0v) is 8.10. The van der Waals surface area contributed by atoms with E-state index in [4.69, 9.17) is 5.26 Å². The first-order chi connectivity index (χ1) is 6.79. The van der Waals surface area contributed by atoms with Crippen LogP contribution in [0.2, 0.25) is 0 Å². The van der Waals surface area contributed by atoms with Gasteiger partial charge in [-0.05, 0) is 18.6 Å². The maximum absolute atomic E-state index is 11.7. The van der Waals surface area contributed by atoms with E-state index in [0.29, 0.717) is 12.0 Å². The average Bonchev–Trinajstić information content (AvgIpc) is 2.26. The summed E-state index contributed by atoms with van der Waals surface area (Å²) in [5.41, 5.74) is 0.521. The van der Waals surface area contributed by atoms with Gasteiger partial charge in [0.1, 0.15) is 5.92 Å². The lowest BCUT2D eigenvalue weighted by molar-refractivity contribution is 0.0943. The van der Waals surface area contributed by atoms with Gasteiger partial charge in [-0.25, -0.2) is 0 Å². The Labute approximate surface area is 83.4 Å². The monoisotopic (exact) mass is 188 g/mol. The Kier molecular flexibility index (Phi) is 3.81. The fourth-order valence-electron chi connectivity index (χ4n) is 1.25. The Hall–Kier alpha value is -1.69. The van der Waals surface area contributed by atoms with Crippen molar-refractivity contribution in [3.05, 3.63) is 30.1 Å². The Bertz CT molecular complexity index is 340. The minimum absolute atomic E-state index is 0.123. The number of carbonyl (C=O) groups is 1. The Balaban J connectivity index is 2.80. The number of ketones is 1. The van der Waals surface area contributed by atoms with Crippen LogP contribution in [0, 0.1) is 17.2 Å². The van der Waals surface area contributed by atoms with Gasteiger partial charge in [0, 0.05) is 18.0 Å². The molecule has 0 aliphatic carbocycles. The first kappa shape index (κ1) is 10.4. The topological polar surface area (TPSA) is 53.8 Å². The lowest BCUT2D eigenvalue weighted by Crippen LogP contribution is -2.12. The third-order valence-electron chi connectivity index (χ3n) is 2.00. The molecule has 0 saturated carbocycles. The van der Waals surface area contributed by atoms with E-state index in [-0.39, 0.29) is 5.78 Å². The SMILES string of the molecule is CCCC(C#N)C(=O)c1cccnc1. The molecule has 1 unspecified atom stereocenters. The summed E-state index contributed by atoms with van der Waals surface area (Å²) in [4.78, 5) is 15.6. The summed E-state index contributed by atoms with van der Waals surface area (Å²) in [6.45, 7) is 1.96. The van der Waals surface area contributed by atoms with Gasteiger partial charge in [0.05, 0.1) is 6.07 Å². The van der Waals surface area contributed by atoms with Crippen molar-refractivity contribution < 1.29 is 4.79 Å². The second-order valence-corrected chi connectivity index (χ2v) is 3.08. The molecular formula is C11H12N2O. The van der Waals surface area contributed by atoms with Gasteiger partial charge in [-0.1, -0.05) is 13.3 Å². The molecule has 0 amide bonds. The van der Waals surface area contributed by atoms with E-state index < -0.39 is 5.92 Å². The number of nitriles is 1. The van der Waals surface area contributed by atoms with Gasteiger partial charge in [-0.3, -0.25) is 9.78 Å². The average molecular weight is 188 g/mol. The van der Waals surface area contributed by atoms with E-state index in [9.17, 15) is 4.79 Å². The molecule has 0 radical (unpaired) electrons. The van der Waals surface area contributed by atoms with Gasteiger partial charge in [0.25, 0.3) is 0 Å². The maximum Gasteiger partial charge on any atom is 0.181 e. The van der Waals surface area contributed by atoms with Crippen LogP contribution in [0.25, 0.3) is 0 Å². The van der Waals surface area contributed by atoms with E-state index in [1.54, 1.807) is 18.3 Å². The maximum atomic E-state index is 11.7. The van der Waals surface area contributed by atoms with Crippen LogP contribution in [0.1, 0.15) is 30.1 Å². The van der Waals surface area contributed by atoms with Crippen molar-refractivity contribution in [3.8, 4) is 6.07 Å². The number of hydrogen-bond acceptors (Lipinski definition) is 3. The molecule has 1 aromatic heterocycles. The second kappa shape index (κ2) is 5.13. The number of rotatable bonds is 4. The van der Waals surface area contributed by atoms with Crippen LogP contribution in [0.3, 0.4) is 0 Å². The molecule has 1 aromatic rings. The standard InChI is InChI=1S/C11H12N2O/c1-2-4-9(7-12)11(14)10-5-3-6-13-8-10/h3,5-6,8-9H,2,4H2,1H3. The van der Waals surface area contributed by atoms with Crippen LogP contribution in [-0.4, -0.2) is 10.8 Å². The lowest BCUT2D eigenvalue weighted by atomic mass is 9.96. The minimum atomic E-state index is -0.524. The first-order valence-electron chi connectivity index (χ1n) is 4.63. The van der Waals surface area contributed by atoms with Gasteiger partial charge in [-0.15, -0.1) is 0 Å².